The molecule has 0 radical (unpaired) electrons. The molecule has 0 aliphatic rings. The standard InChI is InChI=1S/C16H8F2N2OS/c17-13-4-3-10(7-14(13)18)15-9-22-16(20-15)11(8-19)6-12-2-1-5-21-12/h1-7,9H/b11-6+. The number of rotatable bonds is 3. The van der Waals surface area contributed by atoms with E-state index in [-0.39, 0.29) is 0 Å². The largest absolute Gasteiger partial charge is 0.465 e. The van der Waals surface area contributed by atoms with Gasteiger partial charge in [0.15, 0.2) is 11.6 Å². The fourth-order valence-corrected chi connectivity index (χ4v) is 2.64. The van der Waals surface area contributed by atoms with Crippen LogP contribution in [0.1, 0.15) is 10.8 Å². The zero-order valence-electron chi connectivity index (χ0n) is 11.1. The number of thiazole rings is 1. The molecule has 6 heteroatoms. The molecule has 0 aliphatic heterocycles. The summed E-state index contributed by atoms with van der Waals surface area (Å²) in [5.41, 5.74) is 1.28. The molecule has 0 saturated carbocycles. The molecule has 2 aromatic heterocycles. The molecular formula is C16H8F2N2OS. The van der Waals surface area contributed by atoms with Crippen LogP contribution in [0.5, 0.6) is 0 Å². The molecule has 0 saturated heterocycles. The third kappa shape index (κ3) is 2.80. The van der Waals surface area contributed by atoms with Gasteiger partial charge < -0.3 is 4.42 Å². The number of nitrogens with zero attached hydrogens (tertiary/aromatic N) is 2. The van der Waals surface area contributed by atoms with Crippen molar-refractivity contribution in [1.29, 1.82) is 5.26 Å². The molecule has 0 aliphatic carbocycles. The number of allylic oxidation sites excluding steroid dienone is 1. The van der Waals surface area contributed by atoms with E-state index in [2.05, 4.69) is 11.1 Å². The number of nitriles is 1. The van der Waals surface area contributed by atoms with Gasteiger partial charge >= 0.3 is 0 Å². The molecule has 0 bridgehead atoms. The Morgan fingerprint density at radius 1 is 1.27 bits per heavy atom. The van der Waals surface area contributed by atoms with Crippen LogP contribution in [-0.2, 0) is 0 Å². The summed E-state index contributed by atoms with van der Waals surface area (Å²) in [7, 11) is 0. The lowest BCUT2D eigenvalue weighted by Crippen LogP contribution is -1.86. The SMILES string of the molecule is N#C/C(=C\c1ccco1)c1nc(-c2ccc(F)c(F)c2)cs1. The molecule has 0 fully saturated rings. The lowest BCUT2D eigenvalue weighted by Gasteiger charge is -1.97. The van der Waals surface area contributed by atoms with Crippen molar-refractivity contribution < 1.29 is 13.2 Å². The number of halogens is 2. The van der Waals surface area contributed by atoms with E-state index < -0.39 is 11.6 Å². The molecule has 0 unspecified atom stereocenters. The number of aromatic nitrogens is 1. The number of furan rings is 1. The summed E-state index contributed by atoms with van der Waals surface area (Å²) in [5.74, 6) is -1.30. The predicted molar refractivity (Wildman–Crippen MR) is 79.7 cm³/mol. The van der Waals surface area contributed by atoms with E-state index in [0.717, 1.165) is 12.1 Å². The van der Waals surface area contributed by atoms with E-state index in [0.29, 0.717) is 27.6 Å². The highest BCUT2D eigenvalue weighted by Gasteiger charge is 2.11. The Balaban J connectivity index is 1.96. The lowest BCUT2D eigenvalue weighted by molar-refractivity contribution is 0.509. The quantitative estimate of drug-likeness (QED) is 0.656. The highest BCUT2D eigenvalue weighted by Crippen LogP contribution is 2.28. The zero-order chi connectivity index (χ0) is 15.5. The van der Waals surface area contributed by atoms with E-state index in [1.54, 1.807) is 23.6 Å². The van der Waals surface area contributed by atoms with Crippen molar-refractivity contribution in [2.24, 2.45) is 0 Å². The molecule has 108 valence electrons. The summed E-state index contributed by atoms with van der Waals surface area (Å²) in [6.07, 6.45) is 3.09. The van der Waals surface area contributed by atoms with Gasteiger partial charge in [-0.05, 0) is 30.3 Å². The van der Waals surface area contributed by atoms with Crippen LogP contribution in [-0.4, -0.2) is 4.98 Å². The zero-order valence-corrected chi connectivity index (χ0v) is 11.9. The van der Waals surface area contributed by atoms with E-state index in [1.807, 2.05) is 0 Å². The number of hydrogen-bond donors (Lipinski definition) is 0. The second kappa shape index (κ2) is 5.92. The maximum atomic E-state index is 13.3. The number of hydrogen-bond acceptors (Lipinski definition) is 4. The first kappa shape index (κ1) is 14.2. The van der Waals surface area contributed by atoms with Crippen molar-refractivity contribution in [2.45, 2.75) is 0 Å². The van der Waals surface area contributed by atoms with Crippen LogP contribution in [0.15, 0.2) is 46.4 Å². The van der Waals surface area contributed by atoms with Crippen LogP contribution in [0.4, 0.5) is 8.78 Å². The van der Waals surface area contributed by atoms with Gasteiger partial charge in [-0.15, -0.1) is 11.3 Å². The van der Waals surface area contributed by atoms with Crippen molar-refractivity contribution >= 4 is 23.0 Å². The molecule has 0 spiro atoms. The van der Waals surface area contributed by atoms with Crippen LogP contribution in [0, 0.1) is 23.0 Å². The second-order valence-electron chi connectivity index (χ2n) is 4.35. The molecule has 3 rings (SSSR count). The summed E-state index contributed by atoms with van der Waals surface area (Å²) in [6.45, 7) is 0. The normalized spacial score (nSPS) is 11.4. The molecule has 3 nitrogen and oxygen atoms in total. The Bertz CT molecular complexity index is 876. The number of benzene rings is 1. The highest BCUT2D eigenvalue weighted by molar-refractivity contribution is 7.11. The molecule has 2 heterocycles. The summed E-state index contributed by atoms with van der Waals surface area (Å²) in [6, 6.07) is 9.07. The predicted octanol–water partition coefficient (Wildman–Crippen LogP) is 4.75. The van der Waals surface area contributed by atoms with Gasteiger partial charge in [-0.25, -0.2) is 13.8 Å². The van der Waals surface area contributed by atoms with Crippen molar-refractivity contribution in [3.05, 3.63) is 64.4 Å². The molecule has 0 amide bonds. The maximum absolute atomic E-state index is 13.3. The molecule has 0 N–H and O–H groups in total. The average molecular weight is 314 g/mol. The van der Waals surface area contributed by atoms with Crippen molar-refractivity contribution in [2.75, 3.05) is 0 Å². The van der Waals surface area contributed by atoms with E-state index in [9.17, 15) is 14.0 Å². The first-order valence-corrected chi connectivity index (χ1v) is 7.12. The lowest BCUT2D eigenvalue weighted by atomic mass is 10.1. The minimum absolute atomic E-state index is 0.341. The first-order valence-electron chi connectivity index (χ1n) is 6.24. The summed E-state index contributed by atoms with van der Waals surface area (Å²) in [4.78, 5) is 4.30. The fraction of sp³-hybridized carbons (Fsp3) is 0. The summed E-state index contributed by atoms with van der Waals surface area (Å²) >= 11 is 1.25. The Labute approximate surface area is 128 Å². The van der Waals surface area contributed by atoms with Crippen LogP contribution in [0.3, 0.4) is 0 Å². The molecule has 1 aromatic carbocycles. The van der Waals surface area contributed by atoms with Gasteiger partial charge in [0.1, 0.15) is 16.8 Å². The minimum atomic E-state index is -0.932. The molecular weight excluding hydrogens is 306 g/mol. The van der Waals surface area contributed by atoms with Crippen molar-refractivity contribution in [3.8, 4) is 17.3 Å². The van der Waals surface area contributed by atoms with E-state index in [1.165, 1.54) is 23.7 Å². The Kier molecular flexibility index (Phi) is 3.81. The van der Waals surface area contributed by atoms with Gasteiger partial charge in [0.05, 0.1) is 17.5 Å². The molecule has 3 aromatic rings. The first-order chi connectivity index (χ1) is 10.7. The Morgan fingerprint density at radius 2 is 2.14 bits per heavy atom. The maximum Gasteiger partial charge on any atom is 0.159 e. The van der Waals surface area contributed by atoms with Crippen LogP contribution < -0.4 is 0 Å². The monoisotopic (exact) mass is 314 g/mol. The van der Waals surface area contributed by atoms with Gasteiger partial charge in [-0.2, -0.15) is 5.26 Å². The van der Waals surface area contributed by atoms with Crippen LogP contribution in [0.25, 0.3) is 22.9 Å². The highest BCUT2D eigenvalue weighted by atomic mass is 32.1. The van der Waals surface area contributed by atoms with E-state index >= 15 is 0 Å². The van der Waals surface area contributed by atoms with Gasteiger partial charge in [0.2, 0.25) is 0 Å². The Hall–Kier alpha value is -2.78. The van der Waals surface area contributed by atoms with Crippen LogP contribution >= 0.6 is 11.3 Å². The second-order valence-corrected chi connectivity index (χ2v) is 5.21. The van der Waals surface area contributed by atoms with Gasteiger partial charge in [0.25, 0.3) is 0 Å². The average Bonchev–Trinajstić information content (AvgIpc) is 3.18. The third-order valence-electron chi connectivity index (χ3n) is 2.90. The summed E-state index contributed by atoms with van der Waals surface area (Å²) < 4.78 is 31.4. The van der Waals surface area contributed by atoms with E-state index in [4.69, 9.17) is 4.42 Å². The topological polar surface area (TPSA) is 49.8 Å². The van der Waals surface area contributed by atoms with Crippen molar-refractivity contribution in [1.82, 2.24) is 4.98 Å². The van der Waals surface area contributed by atoms with Crippen LogP contribution in [0.2, 0.25) is 0 Å². The summed E-state index contributed by atoms with van der Waals surface area (Å²) in [5, 5.41) is 11.4. The fourth-order valence-electron chi connectivity index (χ4n) is 1.84. The molecule has 0 atom stereocenters. The van der Waals surface area contributed by atoms with Gasteiger partial charge in [0, 0.05) is 17.0 Å². The van der Waals surface area contributed by atoms with Crippen molar-refractivity contribution in [3.63, 3.8) is 0 Å². The third-order valence-corrected chi connectivity index (χ3v) is 3.78. The Morgan fingerprint density at radius 3 is 2.82 bits per heavy atom. The minimum Gasteiger partial charge on any atom is -0.465 e. The molecule has 22 heavy (non-hydrogen) atoms. The van der Waals surface area contributed by atoms with Gasteiger partial charge in [-0.3, -0.25) is 0 Å². The smallest absolute Gasteiger partial charge is 0.159 e. The van der Waals surface area contributed by atoms with Gasteiger partial charge in [-0.1, -0.05) is 0 Å².